The fourth-order valence-electron chi connectivity index (χ4n) is 2.17. The molecule has 0 spiro atoms. The SMILES string of the molecule is CC(CNc1ccc(N)c2cccnc12)c1nccs1. The Morgan fingerprint density at radius 2 is 2.15 bits per heavy atom. The third-order valence-electron chi connectivity index (χ3n) is 3.28. The molecule has 4 nitrogen and oxygen atoms in total. The number of nitrogens with two attached hydrogens (primary N) is 1. The van der Waals surface area contributed by atoms with Gasteiger partial charge in [-0.3, -0.25) is 4.98 Å². The molecule has 0 aliphatic heterocycles. The Balaban J connectivity index is 1.83. The van der Waals surface area contributed by atoms with Gasteiger partial charge in [-0.15, -0.1) is 11.3 Å². The van der Waals surface area contributed by atoms with E-state index >= 15 is 0 Å². The third kappa shape index (κ3) is 2.44. The molecule has 0 bridgehead atoms. The van der Waals surface area contributed by atoms with Crippen molar-refractivity contribution in [1.82, 2.24) is 9.97 Å². The van der Waals surface area contributed by atoms with E-state index in [-0.39, 0.29) is 0 Å². The minimum absolute atomic E-state index is 0.367. The van der Waals surface area contributed by atoms with E-state index in [4.69, 9.17) is 5.73 Å². The van der Waals surface area contributed by atoms with Crippen LogP contribution in [0.3, 0.4) is 0 Å². The van der Waals surface area contributed by atoms with Crippen LogP contribution in [0.4, 0.5) is 11.4 Å². The van der Waals surface area contributed by atoms with Crippen LogP contribution in [0.15, 0.2) is 42.0 Å². The highest BCUT2D eigenvalue weighted by Crippen LogP contribution is 2.27. The van der Waals surface area contributed by atoms with E-state index in [1.165, 1.54) is 0 Å². The van der Waals surface area contributed by atoms with Crippen molar-refractivity contribution in [3.05, 3.63) is 47.0 Å². The maximum Gasteiger partial charge on any atom is 0.0970 e. The number of fused-ring (bicyclic) bond motifs is 1. The molecular weight excluding hydrogens is 268 g/mol. The van der Waals surface area contributed by atoms with Gasteiger partial charge in [0.25, 0.3) is 0 Å². The maximum atomic E-state index is 5.98. The molecule has 1 unspecified atom stereocenters. The van der Waals surface area contributed by atoms with Gasteiger partial charge in [0.05, 0.1) is 16.2 Å². The molecule has 20 heavy (non-hydrogen) atoms. The number of thiazole rings is 1. The smallest absolute Gasteiger partial charge is 0.0970 e. The number of nitrogens with one attached hydrogen (secondary N) is 1. The van der Waals surface area contributed by atoms with Gasteiger partial charge in [0, 0.05) is 41.3 Å². The highest BCUT2D eigenvalue weighted by molar-refractivity contribution is 7.09. The van der Waals surface area contributed by atoms with Gasteiger partial charge in [-0.05, 0) is 24.3 Å². The Morgan fingerprint density at radius 3 is 2.95 bits per heavy atom. The number of nitrogen functional groups attached to an aromatic ring is 1. The lowest BCUT2D eigenvalue weighted by molar-refractivity contribution is 0.795. The van der Waals surface area contributed by atoms with Crippen LogP contribution in [-0.4, -0.2) is 16.5 Å². The number of pyridine rings is 1. The highest BCUT2D eigenvalue weighted by Gasteiger charge is 2.10. The second kappa shape index (κ2) is 5.46. The van der Waals surface area contributed by atoms with Gasteiger partial charge >= 0.3 is 0 Å². The van der Waals surface area contributed by atoms with Crippen molar-refractivity contribution >= 4 is 33.6 Å². The summed E-state index contributed by atoms with van der Waals surface area (Å²) >= 11 is 1.69. The second-order valence-corrected chi connectivity index (χ2v) is 5.68. The molecule has 5 heteroatoms. The molecule has 1 atom stereocenters. The number of benzene rings is 1. The number of hydrogen-bond donors (Lipinski definition) is 2. The Morgan fingerprint density at radius 1 is 1.25 bits per heavy atom. The van der Waals surface area contributed by atoms with Crippen molar-refractivity contribution in [3.8, 4) is 0 Å². The lowest BCUT2D eigenvalue weighted by atomic mass is 10.1. The zero-order chi connectivity index (χ0) is 13.9. The Labute approximate surface area is 121 Å². The summed E-state index contributed by atoms with van der Waals surface area (Å²) in [6.45, 7) is 2.99. The van der Waals surface area contributed by atoms with E-state index in [1.54, 1.807) is 17.5 Å². The van der Waals surface area contributed by atoms with E-state index in [2.05, 4.69) is 22.2 Å². The van der Waals surface area contributed by atoms with E-state index in [0.29, 0.717) is 5.92 Å². The number of aromatic nitrogens is 2. The first-order chi connectivity index (χ1) is 9.75. The number of anilines is 2. The van der Waals surface area contributed by atoms with Gasteiger partial charge in [-0.25, -0.2) is 4.98 Å². The van der Waals surface area contributed by atoms with Gasteiger partial charge < -0.3 is 11.1 Å². The summed E-state index contributed by atoms with van der Waals surface area (Å²) in [6, 6.07) is 7.80. The van der Waals surface area contributed by atoms with E-state index in [1.807, 2.05) is 35.8 Å². The summed E-state index contributed by atoms with van der Waals surface area (Å²) in [5, 5.41) is 7.59. The normalized spacial score (nSPS) is 12.4. The standard InChI is InChI=1S/C15H16N4S/c1-10(15-18-7-8-20-15)9-19-13-5-4-12(16)11-3-2-6-17-14(11)13/h2-8,10,19H,9,16H2,1H3. The third-order valence-corrected chi connectivity index (χ3v) is 4.28. The number of rotatable bonds is 4. The van der Waals surface area contributed by atoms with E-state index in [0.717, 1.165) is 33.8 Å². The van der Waals surface area contributed by atoms with Gasteiger partial charge in [-0.2, -0.15) is 0 Å². The van der Waals surface area contributed by atoms with Crippen molar-refractivity contribution in [2.24, 2.45) is 0 Å². The molecule has 0 amide bonds. The fourth-order valence-corrected chi connectivity index (χ4v) is 2.86. The van der Waals surface area contributed by atoms with Crippen LogP contribution < -0.4 is 11.1 Å². The largest absolute Gasteiger partial charge is 0.398 e. The van der Waals surface area contributed by atoms with E-state index in [9.17, 15) is 0 Å². The molecule has 3 aromatic rings. The topological polar surface area (TPSA) is 63.8 Å². The molecule has 102 valence electrons. The maximum absolute atomic E-state index is 5.98. The molecule has 0 aliphatic rings. The van der Waals surface area contributed by atoms with Crippen LogP contribution in [-0.2, 0) is 0 Å². The van der Waals surface area contributed by atoms with Crippen LogP contribution in [0, 0.1) is 0 Å². The average Bonchev–Trinajstić information content (AvgIpc) is 3.01. The summed E-state index contributed by atoms with van der Waals surface area (Å²) < 4.78 is 0. The van der Waals surface area contributed by atoms with Crippen LogP contribution >= 0.6 is 11.3 Å². The first kappa shape index (κ1) is 12.9. The number of nitrogens with zero attached hydrogens (tertiary/aromatic N) is 2. The molecule has 0 saturated carbocycles. The molecule has 3 rings (SSSR count). The first-order valence-corrected chi connectivity index (χ1v) is 7.40. The Bertz CT molecular complexity index is 709. The molecule has 2 heterocycles. The van der Waals surface area contributed by atoms with Crippen molar-refractivity contribution in [1.29, 1.82) is 0 Å². The van der Waals surface area contributed by atoms with E-state index < -0.39 is 0 Å². The van der Waals surface area contributed by atoms with Crippen molar-refractivity contribution in [3.63, 3.8) is 0 Å². The van der Waals surface area contributed by atoms with Crippen LogP contribution in [0.2, 0.25) is 0 Å². The summed E-state index contributed by atoms with van der Waals surface area (Å²) in [7, 11) is 0. The quantitative estimate of drug-likeness (QED) is 0.720. The molecule has 3 N–H and O–H groups in total. The Hall–Kier alpha value is -2.14. The summed E-state index contributed by atoms with van der Waals surface area (Å²) in [5.41, 5.74) is 8.67. The predicted molar refractivity (Wildman–Crippen MR) is 85.2 cm³/mol. The molecule has 1 aromatic carbocycles. The molecule has 0 fully saturated rings. The van der Waals surface area contributed by atoms with Crippen LogP contribution in [0.5, 0.6) is 0 Å². The van der Waals surface area contributed by atoms with Gasteiger partial charge in [-0.1, -0.05) is 6.92 Å². The molecule has 0 saturated heterocycles. The predicted octanol–water partition coefficient (Wildman–Crippen LogP) is 3.49. The zero-order valence-corrected chi connectivity index (χ0v) is 12.0. The molecule has 2 aromatic heterocycles. The minimum atomic E-state index is 0.367. The highest BCUT2D eigenvalue weighted by atomic mass is 32.1. The summed E-state index contributed by atoms with van der Waals surface area (Å²) in [6.07, 6.45) is 3.63. The average molecular weight is 284 g/mol. The zero-order valence-electron chi connectivity index (χ0n) is 11.2. The van der Waals surface area contributed by atoms with Gasteiger partial charge in [0.1, 0.15) is 0 Å². The Kier molecular flexibility index (Phi) is 3.52. The minimum Gasteiger partial charge on any atom is -0.398 e. The lowest BCUT2D eigenvalue weighted by Gasteiger charge is -2.13. The summed E-state index contributed by atoms with van der Waals surface area (Å²) in [4.78, 5) is 8.77. The molecular formula is C15H16N4S. The molecule has 0 aliphatic carbocycles. The van der Waals surface area contributed by atoms with Crippen molar-refractivity contribution in [2.45, 2.75) is 12.8 Å². The van der Waals surface area contributed by atoms with Crippen molar-refractivity contribution < 1.29 is 0 Å². The summed E-state index contributed by atoms with van der Waals surface area (Å²) in [5.74, 6) is 0.367. The van der Waals surface area contributed by atoms with Crippen LogP contribution in [0.1, 0.15) is 17.8 Å². The lowest BCUT2D eigenvalue weighted by Crippen LogP contribution is -2.10. The monoisotopic (exact) mass is 284 g/mol. The van der Waals surface area contributed by atoms with Crippen molar-refractivity contribution in [2.75, 3.05) is 17.6 Å². The fraction of sp³-hybridized carbons (Fsp3) is 0.200. The second-order valence-electron chi connectivity index (χ2n) is 4.75. The first-order valence-electron chi connectivity index (χ1n) is 6.52. The molecule has 0 radical (unpaired) electrons. The van der Waals surface area contributed by atoms with Gasteiger partial charge in [0.2, 0.25) is 0 Å². The number of hydrogen-bond acceptors (Lipinski definition) is 5. The van der Waals surface area contributed by atoms with Gasteiger partial charge in [0.15, 0.2) is 0 Å². The van der Waals surface area contributed by atoms with Crippen LogP contribution in [0.25, 0.3) is 10.9 Å².